The second-order valence-corrected chi connectivity index (χ2v) is 3.49. The zero-order chi connectivity index (χ0) is 9.35. The van der Waals surface area contributed by atoms with Crippen LogP contribution in [0, 0.1) is 5.92 Å². The summed E-state index contributed by atoms with van der Waals surface area (Å²) in [5.41, 5.74) is 10.1. The number of hydrogen-bond donors (Lipinski definition) is 2. The lowest BCUT2D eigenvalue weighted by Gasteiger charge is -2.34. The molecule has 0 aromatic carbocycles. The summed E-state index contributed by atoms with van der Waals surface area (Å²) in [6.45, 7) is 3.59. The second-order valence-electron chi connectivity index (χ2n) is 3.49. The van der Waals surface area contributed by atoms with Crippen molar-refractivity contribution in [1.29, 1.82) is 0 Å². The molecule has 12 heavy (non-hydrogen) atoms. The van der Waals surface area contributed by atoms with E-state index in [1.807, 2.05) is 0 Å². The maximum absolute atomic E-state index is 14.0. The van der Waals surface area contributed by atoms with Crippen molar-refractivity contribution in [2.75, 3.05) is 0 Å². The first-order chi connectivity index (χ1) is 5.48. The van der Waals surface area contributed by atoms with Crippen LogP contribution < -0.4 is 11.5 Å². The minimum absolute atomic E-state index is 0.156. The van der Waals surface area contributed by atoms with Gasteiger partial charge in [0.1, 0.15) is 0 Å². The van der Waals surface area contributed by atoms with Gasteiger partial charge in [0.25, 0.3) is 0 Å². The van der Waals surface area contributed by atoms with E-state index in [4.69, 9.17) is 11.5 Å². The molecule has 0 aromatic rings. The molecule has 0 bridgehead atoms. The molecule has 2 atom stereocenters. The highest BCUT2D eigenvalue weighted by molar-refractivity contribution is 5.30. The van der Waals surface area contributed by atoms with Gasteiger partial charge in [0.15, 0.2) is 5.67 Å². The molecule has 0 aliphatic heterocycles. The van der Waals surface area contributed by atoms with Gasteiger partial charge in [0, 0.05) is 5.70 Å². The molecule has 0 amide bonds. The van der Waals surface area contributed by atoms with Crippen LogP contribution in [0.4, 0.5) is 4.39 Å². The maximum Gasteiger partial charge on any atom is 0.152 e. The third-order valence-electron chi connectivity index (χ3n) is 2.36. The van der Waals surface area contributed by atoms with Crippen molar-refractivity contribution in [1.82, 2.24) is 0 Å². The lowest BCUT2D eigenvalue weighted by Crippen LogP contribution is -2.50. The smallest absolute Gasteiger partial charge is 0.152 e. The molecule has 1 aliphatic carbocycles. The lowest BCUT2D eigenvalue weighted by molar-refractivity contribution is 0.135. The minimum atomic E-state index is -1.49. The van der Waals surface area contributed by atoms with Crippen molar-refractivity contribution in [2.45, 2.75) is 25.6 Å². The van der Waals surface area contributed by atoms with E-state index < -0.39 is 11.7 Å². The first-order valence-corrected chi connectivity index (χ1v) is 4.08. The van der Waals surface area contributed by atoms with Gasteiger partial charge in [-0.3, -0.25) is 0 Å². The monoisotopic (exact) mass is 170 g/mol. The zero-order valence-corrected chi connectivity index (χ0v) is 7.42. The van der Waals surface area contributed by atoms with Crippen LogP contribution in [0.1, 0.15) is 13.8 Å². The Morgan fingerprint density at radius 2 is 2.17 bits per heavy atom. The first-order valence-electron chi connectivity index (χ1n) is 4.08. The molecular formula is C9H15FN2. The van der Waals surface area contributed by atoms with Crippen LogP contribution in [0.3, 0.4) is 0 Å². The predicted molar refractivity (Wildman–Crippen MR) is 48.1 cm³/mol. The lowest BCUT2D eigenvalue weighted by atomic mass is 9.81. The molecule has 0 fully saturated rings. The van der Waals surface area contributed by atoms with Gasteiger partial charge >= 0.3 is 0 Å². The number of alkyl halides is 1. The molecule has 3 heteroatoms. The van der Waals surface area contributed by atoms with E-state index in [-0.39, 0.29) is 5.92 Å². The van der Waals surface area contributed by atoms with Crippen LogP contribution in [0.25, 0.3) is 0 Å². The minimum Gasteiger partial charge on any atom is -0.401 e. The topological polar surface area (TPSA) is 52.0 Å². The van der Waals surface area contributed by atoms with Crippen LogP contribution in [-0.2, 0) is 0 Å². The molecule has 0 saturated carbocycles. The van der Waals surface area contributed by atoms with E-state index in [9.17, 15) is 4.39 Å². The fourth-order valence-corrected chi connectivity index (χ4v) is 1.32. The van der Waals surface area contributed by atoms with Gasteiger partial charge in [0.2, 0.25) is 0 Å². The summed E-state index contributed by atoms with van der Waals surface area (Å²) in [7, 11) is 0. The Kier molecular flexibility index (Phi) is 2.24. The Hall–Kier alpha value is -0.830. The summed E-state index contributed by atoms with van der Waals surface area (Å²) in [5, 5.41) is 0. The van der Waals surface area contributed by atoms with E-state index in [0.717, 1.165) is 0 Å². The second kappa shape index (κ2) is 2.90. The van der Waals surface area contributed by atoms with Crippen LogP contribution in [-0.4, -0.2) is 11.7 Å². The number of halogens is 1. The quantitative estimate of drug-likeness (QED) is 0.619. The van der Waals surface area contributed by atoms with Crippen LogP contribution in [0.15, 0.2) is 23.9 Å². The third-order valence-corrected chi connectivity index (χ3v) is 2.36. The van der Waals surface area contributed by atoms with E-state index in [1.54, 1.807) is 26.0 Å². The Balaban J connectivity index is 2.95. The number of allylic oxidation sites excluding steroid dienone is 2. The third kappa shape index (κ3) is 1.25. The molecule has 0 heterocycles. The summed E-state index contributed by atoms with van der Waals surface area (Å²) in [6.07, 6.45) is 4.75. The maximum atomic E-state index is 14.0. The Labute approximate surface area is 72.1 Å². The fraction of sp³-hybridized carbons (Fsp3) is 0.556. The molecule has 2 nitrogen and oxygen atoms in total. The summed E-state index contributed by atoms with van der Waals surface area (Å²) >= 11 is 0. The van der Waals surface area contributed by atoms with Crippen LogP contribution in [0.2, 0.25) is 0 Å². The Bertz CT molecular complexity index is 233. The SMILES string of the molecule is CC(C)C1(F)C=CC=C(N)C1N. The normalized spacial score (nSPS) is 35.4. The Morgan fingerprint density at radius 3 is 2.58 bits per heavy atom. The number of nitrogens with two attached hydrogens (primary N) is 2. The fourth-order valence-electron chi connectivity index (χ4n) is 1.32. The van der Waals surface area contributed by atoms with Crippen LogP contribution >= 0.6 is 0 Å². The summed E-state index contributed by atoms with van der Waals surface area (Å²) in [6, 6.07) is -0.706. The van der Waals surface area contributed by atoms with Gasteiger partial charge in [-0.05, 0) is 18.1 Å². The van der Waals surface area contributed by atoms with Crippen LogP contribution in [0.5, 0.6) is 0 Å². The predicted octanol–water partition coefficient (Wildman–Crippen LogP) is 1.09. The summed E-state index contributed by atoms with van der Waals surface area (Å²) in [5.74, 6) is -0.156. The van der Waals surface area contributed by atoms with Gasteiger partial charge in [-0.15, -0.1) is 0 Å². The largest absolute Gasteiger partial charge is 0.401 e. The average Bonchev–Trinajstić information content (AvgIpc) is 2.00. The molecule has 4 N–H and O–H groups in total. The highest BCUT2D eigenvalue weighted by Gasteiger charge is 2.40. The van der Waals surface area contributed by atoms with Crippen molar-refractivity contribution in [3.8, 4) is 0 Å². The number of rotatable bonds is 1. The molecule has 0 radical (unpaired) electrons. The highest BCUT2D eigenvalue weighted by atomic mass is 19.1. The number of hydrogen-bond acceptors (Lipinski definition) is 2. The van der Waals surface area contributed by atoms with Crippen molar-refractivity contribution in [3.05, 3.63) is 23.9 Å². The van der Waals surface area contributed by atoms with Gasteiger partial charge < -0.3 is 11.5 Å². The summed E-state index contributed by atoms with van der Waals surface area (Å²) < 4.78 is 14.0. The van der Waals surface area contributed by atoms with E-state index in [1.165, 1.54) is 6.08 Å². The highest BCUT2D eigenvalue weighted by Crippen LogP contribution is 2.31. The van der Waals surface area contributed by atoms with Gasteiger partial charge in [-0.25, -0.2) is 4.39 Å². The molecule has 0 saturated heterocycles. The average molecular weight is 170 g/mol. The van der Waals surface area contributed by atoms with Gasteiger partial charge in [0.05, 0.1) is 6.04 Å². The molecule has 0 spiro atoms. The molecular weight excluding hydrogens is 155 g/mol. The van der Waals surface area contributed by atoms with Crippen molar-refractivity contribution < 1.29 is 4.39 Å². The molecule has 1 aliphatic rings. The summed E-state index contributed by atoms with van der Waals surface area (Å²) in [4.78, 5) is 0. The Morgan fingerprint density at radius 1 is 1.58 bits per heavy atom. The van der Waals surface area contributed by atoms with E-state index in [2.05, 4.69) is 0 Å². The molecule has 2 unspecified atom stereocenters. The van der Waals surface area contributed by atoms with E-state index in [0.29, 0.717) is 5.70 Å². The molecule has 68 valence electrons. The van der Waals surface area contributed by atoms with Crippen molar-refractivity contribution in [2.24, 2.45) is 17.4 Å². The molecule has 0 aromatic heterocycles. The van der Waals surface area contributed by atoms with E-state index >= 15 is 0 Å². The zero-order valence-electron chi connectivity index (χ0n) is 7.42. The van der Waals surface area contributed by atoms with Gasteiger partial charge in [-0.2, -0.15) is 0 Å². The van der Waals surface area contributed by atoms with Crippen molar-refractivity contribution in [3.63, 3.8) is 0 Å². The standard InChI is InChI=1S/C9H15FN2/c1-6(2)9(10)5-3-4-7(11)8(9)12/h3-6,8H,11-12H2,1-2H3. The first kappa shape index (κ1) is 9.26. The van der Waals surface area contributed by atoms with Crippen molar-refractivity contribution >= 4 is 0 Å². The van der Waals surface area contributed by atoms with Gasteiger partial charge in [-0.1, -0.05) is 19.9 Å². The molecule has 1 rings (SSSR count).